The minimum atomic E-state index is -1.07. The van der Waals surface area contributed by atoms with Crippen LogP contribution in [-0.2, 0) is 0 Å². The normalized spacial score (nSPS) is 10.1. The van der Waals surface area contributed by atoms with E-state index in [2.05, 4.69) is 10.3 Å². The summed E-state index contributed by atoms with van der Waals surface area (Å²) in [4.78, 5) is 15.0. The summed E-state index contributed by atoms with van der Waals surface area (Å²) in [5, 5.41) is 11.9. The molecular formula is C13H11FN2O2. The minimum Gasteiger partial charge on any atom is -0.478 e. The van der Waals surface area contributed by atoms with Crippen molar-refractivity contribution in [2.75, 3.05) is 5.32 Å². The summed E-state index contributed by atoms with van der Waals surface area (Å²) in [6.45, 7) is 1.64. The first-order valence-electron chi connectivity index (χ1n) is 5.29. The second kappa shape index (κ2) is 4.83. The highest BCUT2D eigenvalue weighted by atomic mass is 19.1. The first kappa shape index (κ1) is 12.0. The number of aromatic nitrogens is 1. The number of hydrogen-bond acceptors (Lipinski definition) is 3. The van der Waals surface area contributed by atoms with Crippen LogP contribution >= 0.6 is 0 Å². The van der Waals surface area contributed by atoms with Gasteiger partial charge in [0.2, 0.25) is 0 Å². The van der Waals surface area contributed by atoms with Gasteiger partial charge in [-0.3, -0.25) is 0 Å². The Kier molecular flexibility index (Phi) is 3.23. The lowest BCUT2D eigenvalue weighted by molar-refractivity contribution is 0.0697. The molecule has 0 saturated carbocycles. The van der Waals surface area contributed by atoms with Gasteiger partial charge in [-0.1, -0.05) is 0 Å². The molecule has 0 amide bonds. The maximum absolute atomic E-state index is 13.1. The molecule has 0 aliphatic heterocycles. The number of anilines is 2. The third kappa shape index (κ3) is 2.45. The minimum absolute atomic E-state index is 0.0690. The van der Waals surface area contributed by atoms with Crippen molar-refractivity contribution < 1.29 is 14.3 Å². The number of nitrogens with one attached hydrogen (secondary N) is 1. The topological polar surface area (TPSA) is 62.2 Å². The van der Waals surface area contributed by atoms with Gasteiger partial charge < -0.3 is 10.4 Å². The molecule has 2 N–H and O–H groups in total. The Labute approximate surface area is 103 Å². The Morgan fingerprint density at radius 1 is 1.39 bits per heavy atom. The van der Waals surface area contributed by atoms with Crippen LogP contribution in [0.3, 0.4) is 0 Å². The maximum atomic E-state index is 13.1. The number of benzene rings is 1. The van der Waals surface area contributed by atoms with E-state index in [1.807, 2.05) is 0 Å². The molecular weight excluding hydrogens is 235 g/mol. The zero-order valence-electron chi connectivity index (χ0n) is 9.64. The van der Waals surface area contributed by atoms with Gasteiger partial charge in [0.1, 0.15) is 17.2 Å². The number of rotatable bonds is 3. The van der Waals surface area contributed by atoms with Crippen LogP contribution in [0.15, 0.2) is 36.5 Å². The second-order valence-corrected chi connectivity index (χ2v) is 3.79. The Balaban J connectivity index is 2.34. The van der Waals surface area contributed by atoms with Crippen molar-refractivity contribution in [1.29, 1.82) is 0 Å². The van der Waals surface area contributed by atoms with Gasteiger partial charge in [-0.2, -0.15) is 0 Å². The lowest BCUT2D eigenvalue weighted by Crippen LogP contribution is -2.04. The molecule has 92 valence electrons. The predicted molar refractivity (Wildman–Crippen MR) is 65.6 cm³/mol. The largest absolute Gasteiger partial charge is 0.478 e. The third-order valence-electron chi connectivity index (χ3n) is 2.46. The average molecular weight is 246 g/mol. The first-order chi connectivity index (χ1) is 8.58. The average Bonchev–Trinajstić information content (AvgIpc) is 2.34. The van der Waals surface area contributed by atoms with E-state index in [9.17, 15) is 9.18 Å². The molecule has 2 aromatic rings. The fourth-order valence-electron chi connectivity index (χ4n) is 1.54. The number of nitrogens with zero attached hydrogens (tertiary/aromatic N) is 1. The molecule has 0 bridgehead atoms. The zero-order valence-corrected chi connectivity index (χ0v) is 9.64. The molecule has 0 saturated heterocycles. The van der Waals surface area contributed by atoms with Crippen LogP contribution in [0.4, 0.5) is 15.9 Å². The van der Waals surface area contributed by atoms with E-state index in [0.717, 1.165) is 0 Å². The van der Waals surface area contributed by atoms with E-state index in [4.69, 9.17) is 5.11 Å². The molecule has 1 aromatic carbocycles. The van der Waals surface area contributed by atoms with Crippen molar-refractivity contribution in [1.82, 2.24) is 4.98 Å². The molecule has 0 radical (unpaired) electrons. The Hall–Kier alpha value is -2.43. The van der Waals surface area contributed by atoms with Crippen LogP contribution in [0, 0.1) is 12.7 Å². The zero-order chi connectivity index (χ0) is 13.1. The van der Waals surface area contributed by atoms with Gasteiger partial charge in [-0.05, 0) is 42.8 Å². The second-order valence-electron chi connectivity index (χ2n) is 3.79. The molecule has 4 nitrogen and oxygen atoms in total. The fraction of sp³-hybridized carbons (Fsp3) is 0.0769. The van der Waals surface area contributed by atoms with Gasteiger partial charge in [0, 0.05) is 11.9 Å². The number of aromatic carboxylic acids is 1. The molecule has 2 rings (SSSR count). The summed E-state index contributed by atoms with van der Waals surface area (Å²) >= 11 is 0. The molecule has 0 unspecified atom stereocenters. The van der Waals surface area contributed by atoms with Gasteiger partial charge in [0.15, 0.2) is 0 Å². The third-order valence-corrected chi connectivity index (χ3v) is 2.46. The van der Waals surface area contributed by atoms with E-state index in [0.29, 0.717) is 11.3 Å². The van der Waals surface area contributed by atoms with Crippen LogP contribution in [0.2, 0.25) is 0 Å². The van der Waals surface area contributed by atoms with E-state index in [1.54, 1.807) is 19.1 Å². The number of carboxylic acids is 1. The molecule has 1 heterocycles. The quantitative estimate of drug-likeness (QED) is 0.874. The van der Waals surface area contributed by atoms with Crippen LogP contribution in [-0.4, -0.2) is 16.1 Å². The van der Waals surface area contributed by atoms with Crippen molar-refractivity contribution in [3.8, 4) is 0 Å². The molecule has 18 heavy (non-hydrogen) atoms. The molecule has 5 heteroatoms. The van der Waals surface area contributed by atoms with Crippen molar-refractivity contribution in [2.24, 2.45) is 0 Å². The van der Waals surface area contributed by atoms with Crippen LogP contribution in [0.5, 0.6) is 0 Å². The summed E-state index contributed by atoms with van der Waals surface area (Å²) in [6.07, 6.45) is 1.49. The van der Waals surface area contributed by atoms with Gasteiger partial charge in [-0.25, -0.2) is 14.2 Å². The first-order valence-corrected chi connectivity index (χ1v) is 5.29. The maximum Gasteiger partial charge on any atom is 0.339 e. The van der Waals surface area contributed by atoms with Gasteiger partial charge in [0.25, 0.3) is 0 Å². The smallest absolute Gasteiger partial charge is 0.339 e. The summed E-state index contributed by atoms with van der Waals surface area (Å²) in [5.74, 6) is -1.14. The highest BCUT2D eigenvalue weighted by Crippen LogP contribution is 2.20. The van der Waals surface area contributed by atoms with Crippen molar-refractivity contribution in [3.63, 3.8) is 0 Å². The number of carboxylic acid groups (broad SMARTS) is 1. The molecule has 0 aliphatic rings. The van der Waals surface area contributed by atoms with Crippen molar-refractivity contribution in [2.45, 2.75) is 6.92 Å². The fourth-order valence-corrected chi connectivity index (χ4v) is 1.54. The Morgan fingerprint density at radius 2 is 2.17 bits per heavy atom. The van der Waals surface area contributed by atoms with Crippen LogP contribution < -0.4 is 5.32 Å². The summed E-state index contributed by atoms with van der Waals surface area (Å²) in [7, 11) is 0. The van der Waals surface area contributed by atoms with E-state index in [1.165, 1.54) is 24.4 Å². The number of pyridine rings is 1. The predicted octanol–water partition coefficient (Wildman–Crippen LogP) is 2.97. The van der Waals surface area contributed by atoms with Crippen LogP contribution in [0.1, 0.15) is 15.9 Å². The summed E-state index contributed by atoms with van der Waals surface area (Å²) < 4.78 is 13.1. The van der Waals surface area contributed by atoms with Gasteiger partial charge in [-0.15, -0.1) is 0 Å². The number of aryl methyl sites for hydroxylation is 1. The van der Waals surface area contributed by atoms with E-state index < -0.39 is 5.97 Å². The highest BCUT2D eigenvalue weighted by molar-refractivity contribution is 5.93. The Bertz CT molecular complexity index is 599. The molecule has 0 atom stereocenters. The van der Waals surface area contributed by atoms with Crippen molar-refractivity contribution >= 4 is 17.5 Å². The SMILES string of the molecule is Cc1cc(Nc2ncccc2C(=O)O)ccc1F. The summed E-state index contributed by atoms with van der Waals surface area (Å²) in [6, 6.07) is 7.44. The standard InChI is InChI=1S/C13H11FN2O2/c1-8-7-9(4-5-11(8)14)16-12-10(13(17)18)3-2-6-15-12/h2-7H,1H3,(H,15,16)(H,17,18). The van der Waals surface area contributed by atoms with Crippen LogP contribution in [0.25, 0.3) is 0 Å². The highest BCUT2D eigenvalue weighted by Gasteiger charge is 2.10. The summed E-state index contributed by atoms with van der Waals surface area (Å²) in [5.41, 5.74) is 1.14. The Morgan fingerprint density at radius 3 is 2.83 bits per heavy atom. The monoisotopic (exact) mass is 246 g/mol. The van der Waals surface area contributed by atoms with E-state index >= 15 is 0 Å². The van der Waals surface area contributed by atoms with E-state index in [-0.39, 0.29) is 17.2 Å². The lowest BCUT2D eigenvalue weighted by Gasteiger charge is -2.09. The molecule has 0 aliphatic carbocycles. The van der Waals surface area contributed by atoms with Gasteiger partial charge >= 0.3 is 5.97 Å². The molecule has 1 aromatic heterocycles. The number of halogens is 1. The molecule has 0 fully saturated rings. The van der Waals surface area contributed by atoms with Gasteiger partial charge in [0.05, 0.1) is 0 Å². The lowest BCUT2D eigenvalue weighted by atomic mass is 10.2. The molecule has 0 spiro atoms. The number of carbonyl (C=O) groups is 1. The van der Waals surface area contributed by atoms with Crippen molar-refractivity contribution in [3.05, 3.63) is 53.5 Å². The number of hydrogen-bond donors (Lipinski definition) is 2.